The van der Waals surface area contributed by atoms with Crippen LogP contribution in [0.4, 0.5) is 0 Å². The van der Waals surface area contributed by atoms with Gasteiger partial charge in [0.25, 0.3) is 0 Å². The van der Waals surface area contributed by atoms with Gasteiger partial charge in [-0.2, -0.15) is 0 Å². The van der Waals surface area contributed by atoms with E-state index in [0.29, 0.717) is 16.9 Å². The van der Waals surface area contributed by atoms with Crippen molar-refractivity contribution in [3.8, 4) is 0 Å². The van der Waals surface area contributed by atoms with Crippen molar-refractivity contribution >= 4 is 0 Å². The summed E-state index contributed by atoms with van der Waals surface area (Å²) in [5.41, 5.74) is 1.29. The van der Waals surface area contributed by atoms with Crippen LogP contribution in [0.1, 0.15) is 85.0 Å². The third kappa shape index (κ3) is 2.21. The normalized spacial score (nSPS) is 54.4. The molecule has 0 N–H and O–H groups in total. The van der Waals surface area contributed by atoms with Gasteiger partial charge in [-0.05, 0) is 99.2 Å². The highest BCUT2D eigenvalue weighted by Crippen LogP contribution is 2.66. The van der Waals surface area contributed by atoms with Crippen LogP contribution in [-0.2, 0) is 4.74 Å². The monoisotopic (exact) mass is 304 g/mol. The first-order valence-electron chi connectivity index (χ1n) is 10.2. The Hall–Kier alpha value is -0.0400. The minimum absolute atomic E-state index is 0.557. The van der Waals surface area contributed by atoms with Gasteiger partial charge in [-0.25, -0.2) is 0 Å². The van der Waals surface area contributed by atoms with E-state index in [2.05, 4.69) is 20.8 Å². The average Bonchev–Trinajstić information content (AvgIpc) is 2.88. The smallest absolute Gasteiger partial charge is 0.0580 e. The van der Waals surface area contributed by atoms with Gasteiger partial charge >= 0.3 is 0 Å². The van der Waals surface area contributed by atoms with Crippen molar-refractivity contribution in [1.82, 2.24) is 0 Å². The number of fused-ring (bicyclic) bond motifs is 5. The molecule has 0 aromatic heterocycles. The Morgan fingerprint density at radius 1 is 0.909 bits per heavy atom. The van der Waals surface area contributed by atoms with Crippen molar-refractivity contribution in [2.24, 2.45) is 34.5 Å². The fourth-order valence-corrected chi connectivity index (χ4v) is 7.68. The van der Waals surface area contributed by atoms with Gasteiger partial charge in [0, 0.05) is 6.61 Å². The van der Waals surface area contributed by atoms with Gasteiger partial charge in [-0.3, -0.25) is 0 Å². The van der Waals surface area contributed by atoms with Crippen LogP contribution in [0.3, 0.4) is 0 Å². The SMILES string of the molecule is CCOC1CCC2CCC3C4CCCC4(C)CCC3C2(C)C1. The largest absolute Gasteiger partial charge is 0.378 e. The number of hydrogen-bond donors (Lipinski definition) is 0. The summed E-state index contributed by atoms with van der Waals surface area (Å²) in [7, 11) is 0. The molecule has 0 heterocycles. The van der Waals surface area contributed by atoms with Gasteiger partial charge in [-0.1, -0.05) is 20.3 Å². The van der Waals surface area contributed by atoms with Gasteiger partial charge in [-0.15, -0.1) is 0 Å². The maximum atomic E-state index is 6.08. The molecule has 0 spiro atoms. The van der Waals surface area contributed by atoms with Crippen LogP contribution in [0.25, 0.3) is 0 Å². The Labute approximate surface area is 137 Å². The summed E-state index contributed by atoms with van der Waals surface area (Å²) in [6, 6.07) is 0. The summed E-state index contributed by atoms with van der Waals surface area (Å²) in [5, 5.41) is 0. The number of rotatable bonds is 2. The van der Waals surface area contributed by atoms with Crippen molar-refractivity contribution in [3.05, 3.63) is 0 Å². The van der Waals surface area contributed by atoms with Crippen molar-refractivity contribution < 1.29 is 4.74 Å². The Balaban J connectivity index is 1.58. The first kappa shape index (κ1) is 15.5. The molecule has 0 aliphatic heterocycles. The van der Waals surface area contributed by atoms with Crippen molar-refractivity contribution in [1.29, 1.82) is 0 Å². The maximum absolute atomic E-state index is 6.08. The molecule has 0 aromatic rings. The predicted molar refractivity (Wildman–Crippen MR) is 91.8 cm³/mol. The Kier molecular flexibility index (Phi) is 3.87. The van der Waals surface area contributed by atoms with E-state index in [4.69, 9.17) is 4.74 Å². The van der Waals surface area contributed by atoms with Gasteiger partial charge in [0.1, 0.15) is 0 Å². The molecule has 4 fully saturated rings. The Bertz CT molecular complexity index is 418. The standard InChI is InChI=1S/C21H36O/c1-4-22-16-9-7-15-8-10-17-18-6-5-12-20(18,2)13-11-19(17)21(15,3)14-16/h15-19H,4-14H2,1-3H3. The molecule has 7 unspecified atom stereocenters. The molecule has 0 saturated heterocycles. The lowest BCUT2D eigenvalue weighted by Gasteiger charge is -2.60. The van der Waals surface area contributed by atoms with Crippen LogP contribution >= 0.6 is 0 Å². The molecular formula is C21H36O. The molecule has 4 aliphatic rings. The average molecular weight is 305 g/mol. The molecule has 0 bridgehead atoms. The molecule has 0 radical (unpaired) electrons. The lowest BCUT2D eigenvalue weighted by atomic mass is 9.45. The van der Waals surface area contributed by atoms with Crippen LogP contribution in [0.5, 0.6) is 0 Å². The molecule has 0 amide bonds. The summed E-state index contributed by atoms with van der Waals surface area (Å²) >= 11 is 0. The second-order valence-electron chi connectivity index (χ2n) is 9.60. The second-order valence-corrected chi connectivity index (χ2v) is 9.60. The molecule has 7 atom stereocenters. The van der Waals surface area contributed by atoms with Crippen LogP contribution in [0.15, 0.2) is 0 Å². The lowest BCUT2D eigenvalue weighted by Crippen LogP contribution is -2.53. The van der Waals surface area contributed by atoms with Crippen LogP contribution in [-0.4, -0.2) is 12.7 Å². The lowest BCUT2D eigenvalue weighted by molar-refractivity contribution is -0.134. The molecule has 4 aliphatic carbocycles. The van der Waals surface area contributed by atoms with Crippen LogP contribution < -0.4 is 0 Å². The minimum atomic E-state index is 0.557. The van der Waals surface area contributed by atoms with E-state index in [0.717, 1.165) is 30.3 Å². The second kappa shape index (κ2) is 5.50. The summed E-state index contributed by atoms with van der Waals surface area (Å²) in [5.74, 6) is 4.10. The molecule has 4 rings (SSSR count). The van der Waals surface area contributed by atoms with E-state index < -0.39 is 0 Å². The summed E-state index contributed by atoms with van der Waals surface area (Å²) in [4.78, 5) is 0. The summed E-state index contributed by atoms with van der Waals surface area (Å²) in [6.07, 6.45) is 15.3. The van der Waals surface area contributed by atoms with E-state index in [1.54, 1.807) is 6.42 Å². The van der Waals surface area contributed by atoms with Crippen LogP contribution in [0, 0.1) is 34.5 Å². The zero-order valence-electron chi connectivity index (χ0n) is 15.1. The minimum Gasteiger partial charge on any atom is -0.378 e. The maximum Gasteiger partial charge on any atom is 0.0580 e. The fraction of sp³-hybridized carbons (Fsp3) is 1.00. The van der Waals surface area contributed by atoms with E-state index in [1.807, 2.05) is 0 Å². The third-order valence-corrected chi connectivity index (χ3v) is 8.75. The Morgan fingerprint density at radius 2 is 1.73 bits per heavy atom. The zero-order chi connectivity index (χ0) is 15.4. The van der Waals surface area contributed by atoms with E-state index in [-0.39, 0.29) is 0 Å². The van der Waals surface area contributed by atoms with Crippen molar-refractivity contribution in [2.45, 2.75) is 91.1 Å². The number of ether oxygens (including phenoxy) is 1. The zero-order valence-corrected chi connectivity index (χ0v) is 15.1. The number of hydrogen-bond acceptors (Lipinski definition) is 1. The third-order valence-electron chi connectivity index (χ3n) is 8.75. The molecule has 1 nitrogen and oxygen atoms in total. The van der Waals surface area contributed by atoms with Gasteiger partial charge in [0.2, 0.25) is 0 Å². The van der Waals surface area contributed by atoms with E-state index in [9.17, 15) is 0 Å². The first-order chi connectivity index (χ1) is 10.6. The summed E-state index contributed by atoms with van der Waals surface area (Å²) < 4.78 is 6.08. The topological polar surface area (TPSA) is 9.23 Å². The van der Waals surface area contributed by atoms with E-state index >= 15 is 0 Å². The highest BCUT2D eigenvalue weighted by Gasteiger charge is 2.58. The van der Waals surface area contributed by atoms with Gasteiger partial charge in [0.15, 0.2) is 0 Å². The molecule has 1 heteroatoms. The van der Waals surface area contributed by atoms with Gasteiger partial charge < -0.3 is 4.74 Å². The molecule has 22 heavy (non-hydrogen) atoms. The van der Waals surface area contributed by atoms with E-state index in [1.165, 1.54) is 57.8 Å². The molecule has 0 aromatic carbocycles. The van der Waals surface area contributed by atoms with Gasteiger partial charge in [0.05, 0.1) is 6.10 Å². The molecular weight excluding hydrogens is 268 g/mol. The molecule has 126 valence electrons. The first-order valence-corrected chi connectivity index (χ1v) is 10.2. The highest BCUT2D eigenvalue weighted by atomic mass is 16.5. The predicted octanol–water partition coefficient (Wildman–Crippen LogP) is 5.82. The molecule has 4 saturated carbocycles. The van der Waals surface area contributed by atoms with Crippen molar-refractivity contribution in [3.63, 3.8) is 0 Å². The van der Waals surface area contributed by atoms with Crippen molar-refractivity contribution in [2.75, 3.05) is 6.61 Å². The fourth-order valence-electron chi connectivity index (χ4n) is 7.68. The van der Waals surface area contributed by atoms with Crippen LogP contribution in [0.2, 0.25) is 0 Å². The Morgan fingerprint density at radius 3 is 2.55 bits per heavy atom. The quantitative estimate of drug-likeness (QED) is 0.624. The summed E-state index contributed by atoms with van der Waals surface area (Å²) in [6.45, 7) is 8.36. The highest BCUT2D eigenvalue weighted by molar-refractivity contribution is 5.07.